The predicted octanol–water partition coefficient (Wildman–Crippen LogP) is 14.1. The minimum absolute atomic E-state index is 0.105. The van der Waals surface area contributed by atoms with Crippen LogP contribution >= 0.6 is 11.3 Å². The molecular weight excluding hydrogens is 673 g/mol. The molecule has 2 nitrogen and oxygen atoms in total. The van der Waals surface area contributed by atoms with Crippen molar-refractivity contribution in [3.05, 3.63) is 181 Å². The van der Waals surface area contributed by atoms with Crippen molar-refractivity contribution in [2.75, 3.05) is 0 Å². The van der Waals surface area contributed by atoms with Crippen molar-refractivity contribution in [2.45, 2.75) is 19.3 Å². The zero-order valence-electron chi connectivity index (χ0n) is 30.0. The van der Waals surface area contributed by atoms with E-state index in [-0.39, 0.29) is 5.41 Å². The fourth-order valence-electron chi connectivity index (χ4n) is 8.76. The standard InChI is InChI=1S/C51H34N2S/c1-51(2)44-28-35(16-19-38(44)39-20-17-36(29-45(39)51)33-24-26-52-27-25-33)31-12-14-32(15-13-31)37-18-21-42-46(30-37)53-49(34-8-4-3-5-9-34)43-23-22-41-40-10-6-7-11-47(40)54-50(41)48(42)43/h3-30H,1-2H3. The van der Waals surface area contributed by atoms with Crippen LogP contribution in [0.2, 0.25) is 0 Å². The number of rotatable bonds is 4. The maximum atomic E-state index is 5.37. The monoisotopic (exact) mass is 706 g/mol. The largest absolute Gasteiger partial charge is 0.265 e. The summed E-state index contributed by atoms with van der Waals surface area (Å²) >= 11 is 1.88. The first kappa shape index (κ1) is 31.1. The molecule has 54 heavy (non-hydrogen) atoms. The van der Waals surface area contributed by atoms with Gasteiger partial charge in [0.15, 0.2) is 0 Å². The lowest BCUT2D eigenvalue weighted by Crippen LogP contribution is -2.15. The van der Waals surface area contributed by atoms with Gasteiger partial charge in [-0.2, -0.15) is 0 Å². The van der Waals surface area contributed by atoms with Crippen LogP contribution in [-0.4, -0.2) is 9.97 Å². The van der Waals surface area contributed by atoms with Crippen LogP contribution in [-0.2, 0) is 5.41 Å². The van der Waals surface area contributed by atoms with Crippen molar-refractivity contribution in [1.82, 2.24) is 9.97 Å². The first-order valence-corrected chi connectivity index (χ1v) is 19.4. The van der Waals surface area contributed by atoms with Crippen molar-refractivity contribution in [3.63, 3.8) is 0 Å². The Morgan fingerprint density at radius 3 is 1.70 bits per heavy atom. The number of hydrogen-bond donors (Lipinski definition) is 0. The van der Waals surface area contributed by atoms with E-state index in [0.717, 1.165) is 16.8 Å². The maximum Gasteiger partial charge on any atom is 0.0788 e. The number of pyridine rings is 2. The summed E-state index contributed by atoms with van der Waals surface area (Å²) in [4.78, 5) is 9.59. The van der Waals surface area contributed by atoms with Crippen LogP contribution in [0.3, 0.4) is 0 Å². The van der Waals surface area contributed by atoms with Gasteiger partial charge in [-0.25, -0.2) is 4.98 Å². The van der Waals surface area contributed by atoms with Gasteiger partial charge in [-0.15, -0.1) is 11.3 Å². The SMILES string of the molecule is CC1(C)c2cc(-c3ccncc3)ccc2-c2ccc(-c3ccc(-c4ccc5c(c4)nc(-c4ccccc4)c4ccc6c7ccccc7sc6c45)cc3)cc21. The minimum Gasteiger partial charge on any atom is -0.265 e. The summed E-state index contributed by atoms with van der Waals surface area (Å²) < 4.78 is 2.64. The Morgan fingerprint density at radius 2 is 1.00 bits per heavy atom. The van der Waals surface area contributed by atoms with Crippen LogP contribution in [0.4, 0.5) is 0 Å². The Bertz CT molecular complexity index is 3100. The fraction of sp³-hybridized carbons (Fsp3) is 0.0588. The smallest absolute Gasteiger partial charge is 0.0788 e. The summed E-state index contributed by atoms with van der Waals surface area (Å²) in [5.74, 6) is 0. The Hall–Kier alpha value is -6.42. The van der Waals surface area contributed by atoms with E-state index in [4.69, 9.17) is 4.98 Å². The molecule has 0 radical (unpaired) electrons. The quantitative estimate of drug-likeness (QED) is 0.170. The number of aromatic nitrogens is 2. The van der Waals surface area contributed by atoms with Crippen LogP contribution in [0, 0.1) is 0 Å². The van der Waals surface area contributed by atoms with E-state index in [2.05, 4.69) is 177 Å². The van der Waals surface area contributed by atoms with E-state index in [9.17, 15) is 0 Å². The second kappa shape index (κ2) is 11.8. The zero-order valence-corrected chi connectivity index (χ0v) is 30.8. The van der Waals surface area contributed by atoms with Gasteiger partial charge in [0.05, 0.1) is 11.2 Å². The molecule has 0 fully saturated rings. The molecule has 254 valence electrons. The lowest BCUT2D eigenvalue weighted by atomic mass is 9.81. The summed E-state index contributed by atoms with van der Waals surface area (Å²) in [7, 11) is 0. The molecule has 0 saturated carbocycles. The van der Waals surface area contributed by atoms with Gasteiger partial charge in [-0.05, 0) is 92.0 Å². The highest BCUT2D eigenvalue weighted by Crippen LogP contribution is 2.51. The third-order valence-electron chi connectivity index (χ3n) is 11.6. The Balaban J connectivity index is 0.986. The summed E-state index contributed by atoms with van der Waals surface area (Å²) in [6.45, 7) is 4.71. The molecule has 0 spiro atoms. The average molecular weight is 707 g/mol. The first-order valence-electron chi connectivity index (χ1n) is 18.6. The second-order valence-corrected chi connectivity index (χ2v) is 16.0. The van der Waals surface area contributed by atoms with Crippen LogP contribution in [0.1, 0.15) is 25.0 Å². The van der Waals surface area contributed by atoms with Crippen molar-refractivity contribution in [3.8, 4) is 55.8 Å². The third kappa shape index (κ3) is 4.72. The van der Waals surface area contributed by atoms with Crippen LogP contribution in [0.15, 0.2) is 170 Å². The topological polar surface area (TPSA) is 25.8 Å². The summed E-state index contributed by atoms with van der Waals surface area (Å²) in [6, 6.07) is 57.9. The highest BCUT2D eigenvalue weighted by atomic mass is 32.1. The molecule has 11 rings (SSSR count). The van der Waals surface area contributed by atoms with Crippen LogP contribution in [0.25, 0.3) is 97.6 Å². The molecule has 1 aliphatic rings. The number of fused-ring (bicyclic) bond motifs is 10. The van der Waals surface area contributed by atoms with Gasteiger partial charge in [0.1, 0.15) is 0 Å². The summed E-state index contributed by atoms with van der Waals surface area (Å²) in [6.07, 6.45) is 3.73. The van der Waals surface area contributed by atoms with Crippen LogP contribution < -0.4 is 0 Å². The molecule has 3 heteroatoms. The van der Waals surface area contributed by atoms with E-state index >= 15 is 0 Å². The molecule has 0 atom stereocenters. The number of nitrogens with zero attached hydrogens (tertiary/aromatic N) is 2. The predicted molar refractivity (Wildman–Crippen MR) is 229 cm³/mol. The normalized spacial score (nSPS) is 13.1. The van der Waals surface area contributed by atoms with Crippen molar-refractivity contribution < 1.29 is 0 Å². The molecule has 3 aromatic heterocycles. The first-order chi connectivity index (χ1) is 26.5. The van der Waals surface area contributed by atoms with Crippen LogP contribution in [0.5, 0.6) is 0 Å². The van der Waals surface area contributed by atoms with E-state index in [0.29, 0.717) is 0 Å². The third-order valence-corrected chi connectivity index (χ3v) is 12.8. The van der Waals surface area contributed by atoms with Gasteiger partial charge in [-0.1, -0.05) is 135 Å². The van der Waals surface area contributed by atoms with E-state index in [1.54, 1.807) is 0 Å². The zero-order chi connectivity index (χ0) is 36.0. The fourth-order valence-corrected chi connectivity index (χ4v) is 10.0. The number of thiophene rings is 1. The van der Waals surface area contributed by atoms with E-state index in [1.807, 2.05) is 23.7 Å². The Labute approximate surface area is 318 Å². The molecule has 3 heterocycles. The molecule has 1 aliphatic carbocycles. The summed E-state index contributed by atoms with van der Waals surface area (Å²) in [5, 5.41) is 6.29. The molecule has 0 unspecified atom stereocenters. The second-order valence-electron chi connectivity index (χ2n) is 15.0. The van der Waals surface area contributed by atoms with Gasteiger partial charge < -0.3 is 0 Å². The van der Waals surface area contributed by atoms with Gasteiger partial charge in [-0.3, -0.25) is 4.98 Å². The number of hydrogen-bond acceptors (Lipinski definition) is 3. The number of benzene rings is 7. The molecule has 0 amide bonds. The molecule has 0 N–H and O–H groups in total. The van der Waals surface area contributed by atoms with E-state index in [1.165, 1.54) is 92.0 Å². The maximum absolute atomic E-state index is 5.37. The molecule has 10 aromatic rings. The molecule has 0 saturated heterocycles. The van der Waals surface area contributed by atoms with Crippen molar-refractivity contribution in [1.29, 1.82) is 0 Å². The van der Waals surface area contributed by atoms with Gasteiger partial charge >= 0.3 is 0 Å². The van der Waals surface area contributed by atoms with Crippen molar-refractivity contribution in [2.24, 2.45) is 0 Å². The van der Waals surface area contributed by atoms with Gasteiger partial charge in [0, 0.05) is 59.7 Å². The van der Waals surface area contributed by atoms with Crippen molar-refractivity contribution >= 4 is 53.2 Å². The molecular formula is C51H34N2S. The minimum atomic E-state index is -0.105. The lowest BCUT2D eigenvalue weighted by molar-refractivity contribution is 0.661. The summed E-state index contributed by atoms with van der Waals surface area (Å²) in [5.41, 5.74) is 15.7. The van der Waals surface area contributed by atoms with Gasteiger partial charge in [0.2, 0.25) is 0 Å². The highest BCUT2D eigenvalue weighted by Gasteiger charge is 2.36. The Morgan fingerprint density at radius 1 is 0.444 bits per heavy atom. The van der Waals surface area contributed by atoms with E-state index < -0.39 is 0 Å². The van der Waals surface area contributed by atoms with Gasteiger partial charge in [0.25, 0.3) is 0 Å². The average Bonchev–Trinajstić information content (AvgIpc) is 3.72. The lowest BCUT2D eigenvalue weighted by Gasteiger charge is -2.22. The highest BCUT2D eigenvalue weighted by molar-refractivity contribution is 7.26. The molecule has 0 bridgehead atoms. The molecule has 0 aliphatic heterocycles. The Kier molecular flexibility index (Phi) is 6.80. The molecule has 7 aromatic carbocycles.